The zero-order valence-electron chi connectivity index (χ0n) is 8.35. The van der Waals surface area contributed by atoms with Crippen molar-refractivity contribution in [3.05, 3.63) is 0 Å². The Kier molecular flexibility index (Phi) is 4.35. The van der Waals surface area contributed by atoms with Crippen LogP contribution in [0, 0.1) is 17.8 Å². The topological polar surface area (TPSA) is 83.6 Å². The van der Waals surface area contributed by atoms with E-state index in [1.165, 1.54) is 0 Å². The van der Waals surface area contributed by atoms with Crippen molar-refractivity contribution >= 4 is 5.97 Å². The van der Waals surface area contributed by atoms with E-state index in [-0.39, 0.29) is 18.4 Å². The average Bonchev–Trinajstić information content (AvgIpc) is 2.17. The molecule has 1 aliphatic carbocycles. The Bertz CT molecular complexity index is 196. The van der Waals surface area contributed by atoms with Crippen molar-refractivity contribution in [3.8, 4) is 0 Å². The van der Waals surface area contributed by atoms with Crippen LogP contribution in [0.5, 0.6) is 0 Å². The summed E-state index contributed by atoms with van der Waals surface area (Å²) < 4.78 is 0. The van der Waals surface area contributed by atoms with Crippen LogP contribution in [0.4, 0.5) is 0 Å². The van der Waals surface area contributed by atoms with E-state index >= 15 is 0 Å². The molecule has 0 amide bonds. The predicted octanol–water partition coefficient (Wildman–Crippen LogP) is 0.445. The SMILES string of the molecule is NCC1CC[C@@H](C(=O)O)[C@H](CCO)C1. The molecular formula is C10H19NO3. The molecule has 0 aromatic rings. The van der Waals surface area contributed by atoms with E-state index in [1.807, 2.05) is 0 Å². The molecule has 1 rings (SSSR count). The number of carboxylic acid groups (broad SMARTS) is 1. The second kappa shape index (κ2) is 5.32. The first-order valence-corrected chi connectivity index (χ1v) is 5.22. The molecule has 0 heterocycles. The maximum Gasteiger partial charge on any atom is 0.306 e. The summed E-state index contributed by atoms with van der Waals surface area (Å²) in [6, 6.07) is 0. The van der Waals surface area contributed by atoms with Gasteiger partial charge in [-0.05, 0) is 44.1 Å². The van der Waals surface area contributed by atoms with Gasteiger partial charge < -0.3 is 15.9 Å². The van der Waals surface area contributed by atoms with E-state index in [9.17, 15) is 4.79 Å². The predicted molar refractivity (Wildman–Crippen MR) is 52.7 cm³/mol. The van der Waals surface area contributed by atoms with Gasteiger partial charge in [-0.25, -0.2) is 0 Å². The third kappa shape index (κ3) is 2.69. The van der Waals surface area contributed by atoms with Gasteiger partial charge in [0.25, 0.3) is 0 Å². The summed E-state index contributed by atoms with van der Waals surface area (Å²) in [5, 5.41) is 17.8. The molecule has 1 aliphatic rings. The average molecular weight is 201 g/mol. The Morgan fingerprint density at radius 3 is 2.64 bits per heavy atom. The quantitative estimate of drug-likeness (QED) is 0.616. The molecule has 0 bridgehead atoms. The summed E-state index contributed by atoms with van der Waals surface area (Å²) in [4.78, 5) is 10.9. The van der Waals surface area contributed by atoms with Crippen molar-refractivity contribution in [2.24, 2.45) is 23.5 Å². The largest absolute Gasteiger partial charge is 0.481 e. The molecule has 1 saturated carbocycles. The summed E-state index contributed by atoms with van der Waals surface area (Å²) in [6.45, 7) is 0.708. The maximum atomic E-state index is 10.9. The number of aliphatic hydroxyl groups excluding tert-OH is 1. The molecule has 0 radical (unpaired) electrons. The second-order valence-electron chi connectivity index (χ2n) is 4.13. The first-order chi connectivity index (χ1) is 6.69. The molecule has 0 aromatic carbocycles. The van der Waals surface area contributed by atoms with Gasteiger partial charge in [-0.2, -0.15) is 0 Å². The molecule has 3 atom stereocenters. The normalized spacial score (nSPS) is 32.9. The van der Waals surface area contributed by atoms with Gasteiger partial charge in [-0.1, -0.05) is 0 Å². The number of rotatable bonds is 4. The molecule has 0 aromatic heterocycles. The minimum atomic E-state index is -0.723. The van der Waals surface area contributed by atoms with Crippen molar-refractivity contribution in [1.29, 1.82) is 0 Å². The Hall–Kier alpha value is -0.610. The van der Waals surface area contributed by atoms with Gasteiger partial charge in [0.05, 0.1) is 5.92 Å². The highest BCUT2D eigenvalue weighted by molar-refractivity contribution is 5.70. The molecule has 4 N–H and O–H groups in total. The number of carboxylic acids is 1. The van der Waals surface area contributed by atoms with Crippen LogP contribution < -0.4 is 5.73 Å². The fraction of sp³-hybridized carbons (Fsp3) is 0.900. The maximum absolute atomic E-state index is 10.9. The number of hydrogen-bond donors (Lipinski definition) is 3. The minimum absolute atomic E-state index is 0.0751. The lowest BCUT2D eigenvalue weighted by Gasteiger charge is -2.33. The lowest BCUT2D eigenvalue weighted by Crippen LogP contribution is -2.33. The van der Waals surface area contributed by atoms with Crippen molar-refractivity contribution in [1.82, 2.24) is 0 Å². The lowest BCUT2D eigenvalue weighted by molar-refractivity contribution is -0.145. The van der Waals surface area contributed by atoms with E-state index in [1.54, 1.807) is 0 Å². The van der Waals surface area contributed by atoms with Gasteiger partial charge in [-0.3, -0.25) is 4.79 Å². The monoisotopic (exact) mass is 201 g/mol. The molecule has 82 valence electrons. The zero-order chi connectivity index (χ0) is 10.6. The molecule has 0 aliphatic heterocycles. The van der Waals surface area contributed by atoms with E-state index in [2.05, 4.69) is 0 Å². The highest BCUT2D eigenvalue weighted by Gasteiger charge is 2.33. The summed E-state index contributed by atoms with van der Waals surface area (Å²) in [5.74, 6) is -0.439. The second-order valence-corrected chi connectivity index (χ2v) is 4.13. The number of carbonyl (C=O) groups is 1. The first-order valence-electron chi connectivity index (χ1n) is 5.22. The van der Waals surface area contributed by atoms with Crippen LogP contribution in [0.1, 0.15) is 25.7 Å². The highest BCUT2D eigenvalue weighted by Crippen LogP contribution is 2.35. The molecular weight excluding hydrogens is 182 g/mol. The highest BCUT2D eigenvalue weighted by atomic mass is 16.4. The molecule has 4 nitrogen and oxygen atoms in total. The number of aliphatic carboxylic acids is 1. The van der Waals surface area contributed by atoms with Crippen LogP contribution in [0.2, 0.25) is 0 Å². The molecule has 0 saturated heterocycles. The third-order valence-corrected chi connectivity index (χ3v) is 3.24. The van der Waals surface area contributed by atoms with E-state index < -0.39 is 5.97 Å². The molecule has 0 spiro atoms. The summed E-state index contributed by atoms with van der Waals surface area (Å²) >= 11 is 0. The third-order valence-electron chi connectivity index (χ3n) is 3.24. The number of hydrogen-bond acceptors (Lipinski definition) is 3. The van der Waals surface area contributed by atoms with Gasteiger partial charge in [-0.15, -0.1) is 0 Å². The Balaban J connectivity index is 2.55. The lowest BCUT2D eigenvalue weighted by atomic mass is 9.73. The van der Waals surface area contributed by atoms with Crippen molar-refractivity contribution < 1.29 is 15.0 Å². The van der Waals surface area contributed by atoms with Gasteiger partial charge >= 0.3 is 5.97 Å². The van der Waals surface area contributed by atoms with Crippen LogP contribution in [0.3, 0.4) is 0 Å². The number of aliphatic hydroxyl groups is 1. The summed E-state index contributed by atoms with van der Waals surface area (Å²) in [7, 11) is 0. The standard InChI is InChI=1S/C10H19NO3/c11-6-7-1-2-9(10(13)14)8(5-7)3-4-12/h7-9,12H,1-6,11H2,(H,13,14)/t7?,8-,9-/m1/s1. The molecule has 4 heteroatoms. The van der Waals surface area contributed by atoms with Crippen molar-refractivity contribution in [3.63, 3.8) is 0 Å². The first kappa shape index (κ1) is 11.5. The van der Waals surface area contributed by atoms with E-state index in [0.29, 0.717) is 25.3 Å². The van der Waals surface area contributed by atoms with Gasteiger partial charge in [0, 0.05) is 6.61 Å². The zero-order valence-corrected chi connectivity index (χ0v) is 8.35. The minimum Gasteiger partial charge on any atom is -0.481 e. The fourth-order valence-electron chi connectivity index (χ4n) is 2.39. The van der Waals surface area contributed by atoms with Crippen LogP contribution in [-0.2, 0) is 4.79 Å². The number of nitrogens with two attached hydrogens (primary N) is 1. The van der Waals surface area contributed by atoms with E-state index in [4.69, 9.17) is 15.9 Å². The smallest absolute Gasteiger partial charge is 0.306 e. The van der Waals surface area contributed by atoms with Crippen LogP contribution >= 0.6 is 0 Å². The van der Waals surface area contributed by atoms with Gasteiger partial charge in [0.15, 0.2) is 0 Å². The Morgan fingerprint density at radius 2 is 2.14 bits per heavy atom. The van der Waals surface area contributed by atoms with Crippen LogP contribution in [0.25, 0.3) is 0 Å². The van der Waals surface area contributed by atoms with Crippen LogP contribution in [0.15, 0.2) is 0 Å². The summed E-state index contributed by atoms with van der Waals surface area (Å²) in [5.41, 5.74) is 5.57. The van der Waals surface area contributed by atoms with E-state index in [0.717, 1.165) is 12.8 Å². The van der Waals surface area contributed by atoms with Crippen molar-refractivity contribution in [2.75, 3.05) is 13.2 Å². The van der Waals surface area contributed by atoms with Crippen LogP contribution in [-0.4, -0.2) is 29.3 Å². The molecule has 1 fully saturated rings. The Labute approximate surface area is 84.1 Å². The Morgan fingerprint density at radius 1 is 1.43 bits per heavy atom. The summed E-state index contributed by atoms with van der Waals surface area (Å²) in [6.07, 6.45) is 3.07. The van der Waals surface area contributed by atoms with Gasteiger partial charge in [0.2, 0.25) is 0 Å². The molecule has 1 unspecified atom stereocenters. The molecule has 14 heavy (non-hydrogen) atoms. The van der Waals surface area contributed by atoms with Crippen molar-refractivity contribution in [2.45, 2.75) is 25.7 Å². The van der Waals surface area contributed by atoms with Gasteiger partial charge in [0.1, 0.15) is 0 Å². The fourth-order valence-corrected chi connectivity index (χ4v) is 2.39.